The Morgan fingerprint density at radius 1 is 1.30 bits per heavy atom. The first kappa shape index (κ1) is 16.1. The molecule has 6 heteroatoms. The Hall–Kier alpha value is -1.79. The molecule has 0 unspecified atom stereocenters. The third kappa shape index (κ3) is 3.76. The summed E-state index contributed by atoms with van der Waals surface area (Å²) in [5.74, 6) is 0.671. The van der Waals surface area contributed by atoms with Gasteiger partial charge in [-0.2, -0.15) is 5.10 Å². The maximum Gasteiger partial charge on any atom is 0.0922 e. The van der Waals surface area contributed by atoms with Crippen molar-refractivity contribution in [1.29, 1.82) is 0 Å². The van der Waals surface area contributed by atoms with E-state index in [-0.39, 0.29) is 0 Å². The van der Waals surface area contributed by atoms with E-state index in [1.165, 1.54) is 6.42 Å². The number of H-pyrrole nitrogens is 1. The third-order valence-electron chi connectivity index (χ3n) is 4.57. The molecule has 0 radical (unpaired) electrons. The Morgan fingerprint density at radius 2 is 2.17 bits per heavy atom. The van der Waals surface area contributed by atoms with Crippen molar-refractivity contribution in [3.63, 3.8) is 0 Å². The molecule has 0 amide bonds. The van der Waals surface area contributed by atoms with Gasteiger partial charge in [-0.25, -0.2) is 0 Å². The third-order valence-corrected chi connectivity index (χ3v) is 4.57. The van der Waals surface area contributed by atoms with Gasteiger partial charge in [0.25, 0.3) is 0 Å². The first-order valence-corrected chi connectivity index (χ1v) is 8.21. The molecule has 124 valence electrons. The Morgan fingerprint density at radius 3 is 2.83 bits per heavy atom. The van der Waals surface area contributed by atoms with Gasteiger partial charge in [0.2, 0.25) is 0 Å². The molecule has 0 saturated carbocycles. The van der Waals surface area contributed by atoms with Gasteiger partial charge in [-0.1, -0.05) is 0 Å². The number of ether oxygens (including phenoxy) is 1. The molecular weight excluding hydrogens is 290 g/mol. The summed E-state index contributed by atoms with van der Waals surface area (Å²) in [6, 6.07) is 0. The Bertz CT molecular complexity index is 617. The maximum absolute atomic E-state index is 5.15. The zero-order chi connectivity index (χ0) is 16.2. The van der Waals surface area contributed by atoms with E-state index < -0.39 is 0 Å². The van der Waals surface area contributed by atoms with E-state index in [4.69, 9.17) is 4.74 Å². The Labute approximate surface area is 137 Å². The average Bonchev–Trinajstić information content (AvgIpc) is 3.13. The second-order valence-corrected chi connectivity index (χ2v) is 6.35. The van der Waals surface area contributed by atoms with Gasteiger partial charge in [-0.3, -0.25) is 15.1 Å². The minimum Gasteiger partial charge on any atom is -0.383 e. The van der Waals surface area contributed by atoms with Gasteiger partial charge < -0.3 is 9.64 Å². The molecule has 0 spiro atoms. The van der Waals surface area contributed by atoms with Crippen LogP contribution in [0, 0.1) is 19.8 Å². The van der Waals surface area contributed by atoms with Crippen molar-refractivity contribution in [3.8, 4) is 11.3 Å². The van der Waals surface area contributed by atoms with Crippen molar-refractivity contribution in [2.75, 3.05) is 33.4 Å². The summed E-state index contributed by atoms with van der Waals surface area (Å²) in [4.78, 5) is 11.7. The van der Waals surface area contributed by atoms with Crippen LogP contribution in [0.3, 0.4) is 0 Å². The molecule has 1 aliphatic rings. The fourth-order valence-electron chi connectivity index (χ4n) is 3.32. The first-order valence-electron chi connectivity index (χ1n) is 8.21. The average molecular weight is 315 g/mol. The summed E-state index contributed by atoms with van der Waals surface area (Å²) in [5, 5.41) is 7.22. The minimum atomic E-state index is 0.671. The van der Waals surface area contributed by atoms with E-state index in [1.807, 2.05) is 26.2 Å². The highest BCUT2D eigenvalue weighted by Crippen LogP contribution is 2.24. The van der Waals surface area contributed by atoms with Gasteiger partial charge in [0, 0.05) is 37.7 Å². The number of aryl methyl sites for hydroxylation is 2. The smallest absolute Gasteiger partial charge is 0.0922 e. The molecule has 1 atom stereocenters. The number of hydrogen-bond acceptors (Lipinski definition) is 5. The van der Waals surface area contributed by atoms with Crippen LogP contribution < -0.4 is 0 Å². The van der Waals surface area contributed by atoms with Crippen LogP contribution in [-0.2, 0) is 11.2 Å². The number of likely N-dealkylation sites (tertiary alicyclic amines) is 1. The second-order valence-electron chi connectivity index (χ2n) is 6.35. The molecule has 3 heterocycles. The number of aromatic nitrogens is 4. The summed E-state index contributed by atoms with van der Waals surface area (Å²) in [6.07, 6.45) is 6.02. The van der Waals surface area contributed by atoms with Gasteiger partial charge in [0.15, 0.2) is 0 Å². The summed E-state index contributed by atoms with van der Waals surface area (Å²) < 4.78 is 5.15. The largest absolute Gasteiger partial charge is 0.383 e. The van der Waals surface area contributed by atoms with Crippen LogP contribution in [-0.4, -0.2) is 58.4 Å². The quantitative estimate of drug-likeness (QED) is 0.883. The molecule has 3 rings (SSSR count). The van der Waals surface area contributed by atoms with Crippen molar-refractivity contribution in [3.05, 3.63) is 29.5 Å². The lowest BCUT2D eigenvalue weighted by Gasteiger charge is -2.15. The van der Waals surface area contributed by atoms with Gasteiger partial charge in [0.1, 0.15) is 0 Å². The monoisotopic (exact) mass is 315 g/mol. The Balaban J connectivity index is 1.60. The van der Waals surface area contributed by atoms with Crippen LogP contribution in [0.4, 0.5) is 0 Å². The molecule has 1 aliphatic heterocycles. The number of hydrogen-bond donors (Lipinski definition) is 1. The van der Waals surface area contributed by atoms with Crippen LogP contribution in [0.5, 0.6) is 0 Å². The highest BCUT2D eigenvalue weighted by Gasteiger charge is 2.22. The Kier molecular flexibility index (Phi) is 5.03. The topological polar surface area (TPSA) is 66.9 Å². The molecule has 1 fully saturated rings. The fourth-order valence-corrected chi connectivity index (χ4v) is 3.32. The zero-order valence-electron chi connectivity index (χ0n) is 14.2. The van der Waals surface area contributed by atoms with E-state index in [0.717, 1.165) is 61.0 Å². The first-order chi connectivity index (χ1) is 11.2. The molecule has 2 aromatic heterocycles. The molecular formula is C17H25N5O. The summed E-state index contributed by atoms with van der Waals surface area (Å²) in [5.41, 5.74) is 5.04. The number of methoxy groups -OCH3 is 1. The van der Waals surface area contributed by atoms with E-state index in [9.17, 15) is 0 Å². The van der Waals surface area contributed by atoms with Crippen LogP contribution >= 0.6 is 0 Å². The summed E-state index contributed by atoms with van der Waals surface area (Å²) in [7, 11) is 1.76. The number of nitrogens with zero attached hydrogens (tertiary/aromatic N) is 4. The van der Waals surface area contributed by atoms with E-state index in [2.05, 4.69) is 25.1 Å². The van der Waals surface area contributed by atoms with Gasteiger partial charge >= 0.3 is 0 Å². The van der Waals surface area contributed by atoms with Crippen LogP contribution in [0.15, 0.2) is 12.4 Å². The number of nitrogens with one attached hydrogen (secondary N) is 1. The minimum absolute atomic E-state index is 0.671. The number of aromatic amines is 1. The molecule has 0 aliphatic carbocycles. The lowest BCUT2D eigenvalue weighted by atomic mass is 10.0. The predicted octanol–water partition coefficient (Wildman–Crippen LogP) is 1.99. The molecule has 0 aromatic carbocycles. The molecule has 6 nitrogen and oxygen atoms in total. The van der Waals surface area contributed by atoms with Gasteiger partial charge in [-0.15, -0.1) is 0 Å². The SMILES string of the molecule is COCCN1CC[C@H](Cc2cnc(-c3c(C)n[nH]c3C)cn2)C1. The highest BCUT2D eigenvalue weighted by atomic mass is 16.5. The highest BCUT2D eigenvalue weighted by molar-refractivity contribution is 5.63. The van der Waals surface area contributed by atoms with Crippen molar-refractivity contribution in [2.24, 2.45) is 5.92 Å². The maximum atomic E-state index is 5.15. The predicted molar refractivity (Wildman–Crippen MR) is 89.2 cm³/mol. The number of rotatable bonds is 6. The van der Waals surface area contributed by atoms with Crippen molar-refractivity contribution in [2.45, 2.75) is 26.7 Å². The van der Waals surface area contributed by atoms with E-state index >= 15 is 0 Å². The van der Waals surface area contributed by atoms with Crippen molar-refractivity contribution < 1.29 is 4.74 Å². The fraction of sp³-hybridized carbons (Fsp3) is 0.588. The van der Waals surface area contributed by atoms with E-state index in [0.29, 0.717) is 5.92 Å². The lowest BCUT2D eigenvalue weighted by Crippen LogP contribution is -2.25. The summed E-state index contributed by atoms with van der Waals surface area (Å²) in [6.45, 7) is 8.13. The van der Waals surface area contributed by atoms with Crippen molar-refractivity contribution in [1.82, 2.24) is 25.1 Å². The van der Waals surface area contributed by atoms with E-state index in [1.54, 1.807) is 7.11 Å². The standard InChI is InChI=1S/C17H25N5O/c1-12-17(13(2)21-20-12)16-10-18-15(9-19-16)8-14-4-5-22(11-14)6-7-23-3/h9-10,14H,4-8,11H2,1-3H3,(H,20,21)/t14-/m1/s1. The molecule has 0 bridgehead atoms. The van der Waals surface area contributed by atoms with Crippen LogP contribution in [0.1, 0.15) is 23.5 Å². The van der Waals surface area contributed by atoms with Crippen LogP contribution in [0.25, 0.3) is 11.3 Å². The summed E-state index contributed by atoms with van der Waals surface area (Å²) >= 11 is 0. The molecule has 1 N–H and O–H groups in total. The van der Waals surface area contributed by atoms with Gasteiger partial charge in [-0.05, 0) is 39.2 Å². The molecule has 1 saturated heterocycles. The second kappa shape index (κ2) is 7.19. The lowest BCUT2D eigenvalue weighted by molar-refractivity contribution is 0.159. The molecule has 2 aromatic rings. The van der Waals surface area contributed by atoms with Gasteiger partial charge in [0.05, 0.1) is 29.9 Å². The normalized spacial score (nSPS) is 18.7. The zero-order valence-corrected chi connectivity index (χ0v) is 14.2. The molecule has 23 heavy (non-hydrogen) atoms. The van der Waals surface area contributed by atoms with Crippen molar-refractivity contribution >= 4 is 0 Å². The van der Waals surface area contributed by atoms with Crippen LogP contribution in [0.2, 0.25) is 0 Å².